The summed E-state index contributed by atoms with van der Waals surface area (Å²) >= 11 is 0. The molecule has 0 spiro atoms. The molecule has 164 valence electrons. The van der Waals surface area contributed by atoms with Gasteiger partial charge in [0, 0.05) is 19.3 Å². The minimum atomic E-state index is -0.227. The number of rotatable bonds is 6. The van der Waals surface area contributed by atoms with Crippen molar-refractivity contribution in [3.05, 3.63) is 59.5 Å². The van der Waals surface area contributed by atoms with Crippen LogP contribution in [0.3, 0.4) is 0 Å². The van der Waals surface area contributed by atoms with Crippen molar-refractivity contribution in [2.24, 2.45) is 11.0 Å². The third kappa shape index (κ3) is 4.88. The summed E-state index contributed by atoms with van der Waals surface area (Å²) in [5.41, 5.74) is 3.11. The zero-order valence-electron chi connectivity index (χ0n) is 18.2. The van der Waals surface area contributed by atoms with E-state index in [-0.39, 0.29) is 23.8 Å². The van der Waals surface area contributed by atoms with E-state index in [1.54, 1.807) is 11.3 Å². The molecule has 3 heterocycles. The molecular formula is C24H30N3O4+. The quantitative estimate of drug-likeness (QED) is 0.721. The summed E-state index contributed by atoms with van der Waals surface area (Å²) in [7, 11) is 0. The number of esters is 1. The Kier molecular flexibility index (Phi) is 6.51. The van der Waals surface area contributed by atoms with Crippen LogP contribution in [0.2, 0.25) is 0 Å². The van der Waals surface area contributed by atoms with Crippen LogP contribution in [0.15, 0.2) is 52.2 Å². The molecule has 7 nitrogen and oxygen atoms in total. The van der Waals surface area contributed by atoms with Gasteiger partial charge in [0.1, 0.15) is 11.8 Å². The van der Waals surface area contributed by atoms with Gasteiger partial charge in [-0.1, -0.05) is 29.8 Å². The molecule has 0 unspecified atom stereocenters. The number of aryl methyl sites for hydroxylation is 1. The number of benzene rings is 1. The van der Waals surface area contributed by atoms with Crippen molar-refractivity contribution in [2.45, 2.75) is 39.2 Å². The number of hydrogen-bond acceptors (Lipinski definition) is 5. The first-order valence-corrected chi connectivity index (χ1v) is 11.0. The molecule has 1 amide bonds. The van der Waals surface area contributed by atoms with Gasteiger partial charge in [-0.2, -0.15) is 5.10 Å². The zero-order valence-corrected chi connectivity index (χ0v) is 18.2. The number of carbonyl (C=O) groups is 2. The van der Waals surface area contributed by atoms with Gasteiger partial charge in [-0.25, -0.2) is 5.01 Å². The SMILES string of the molecule is CCOC(=O)C1CC[NH+](CC(=O)N2N=C(c3ccc(C)cc3)C[C@H]2c2ccco2)CC1. The van der Waals surface area contributed by atoms with Crippen LogP contribution in [0, 0.1) is 12.8 Å². The van der Waals surface area contributed by atoms with Gasteiger partial charge >= 0.3 is 5.97 Å². The molecule has 4 rings (SSSR count). The first-order valence-electron chi connectivity index (χ1n) is 11.0. The Hall–Kier alpha value is -2.93. The predicted molar refractivity (Wildman–Crippen MR) is 116 cm³/mol. The Morgan fingerprint density at radius 3 is 2.58 bits per heavy atom. The highest BCUT2D eigenvalue weighted by Crippen LogP contribution is 2.33. The number of likely N-dealkylation sites (tertiary alicyclic amines) is 1. The van der Waals surface area contributed by atoms with Crippen LogP contribution in [-0.2, 0) is 14.3 Å². The molecule has 0 bridgehead atoms. The van der Waals surface area contributed by atoms with Crippen LogP contribution in [-0.4, -0.2) is 48.8 Å². The molecule has 1 saturated heterocycles. The van der Waals surface area contributed by atoms with E-state index in [0.29, 0.717) is 19.6 Å². The molecule has 0 radical (unpaired) electrons. The third-order valence-electron chi connectivity index (χ3n) is 6.14. The topological polar surface area (TPSA) is 76.6 Å². The fourth-order valence-electron chi connectivity index (χ4n) is 4.36. The van der Waals surface area contributed by atoms with Crippen LogP contribution >= 0.6 is 0 Å². The fourth-order valence-corrected chi connectivity index (χ4v) is 4.36. The molecule has 1 aromatic heterocycles. The van der Waals surface area contributed by atoms with E-state index in [1.807, 2.05) is 31.2 Å². The van der Waals surface area contributed by atoms with Crippen LogP contribution in [0.4, 0.5) is 0 Å². The molecule has 1 N–H and O–H groups in total. The summed E-state index contributed by atoms with van der Waals surface area (Å²) in [6.45, 7) is 6.21. The van der Waals surface area contributed by atoms with Gasteiger partial charge in [-0.3, -0.25) is 9.59 Å². The summed E-state index contributed by atoms with van der Waals surface area (Å²) < 4.78 is 10.8. The molecule has 2 aliphatic rings. The van der Waals surface area contributed by atoms with E-state index in [0.717, 1.165) is 43.0 Å². The molecule has 2 aliphatic heterocycles. The number of quaternary nitrogens is 1. The van der Waals surface area contributed by atoms with Crippen molar-refractivity contribution in [2.75, 3.05) is 26.2 Å². The number of piperidine rings is 1. The van der Waals surface area contributed by atoms with E-state index < -0.39 is 0 Å². The number of ether oxygens (including phenoxy) is 1. The normalized spacial score (nSPS) is 23.5. The summed E-state index contributed by atoms with van der Waals surface area (Å²) in [5.74, 6) is 0.564. The molecule has 0 saturated carbocycles. The van der Waals surface area contributed by atoms with Gasteiger partial charge in [0.2, 0.25) is 0 Å². The van der Waals surface area contributed by atoms with Gasteiger partial charge in [0.05, 0.1) is 37.6 Å². The summed E-state index contributed by atoms with van der Waals surface area (Å²) in [6.07, 6.45) is 3.76. The number of amides is 1. The Balaban J connectivity index is 1.44. The van der Waals surface area contributed by atoms with Crippen molar-refractivity contribution in [1.29, 1.82) is 0 Å². The second kappa shape index (κ2) is 9.47. The highest BCUT2D eigenvalue weighted by atomic mass is 16.5. The molecule has 1 aromatic carbocycles. The van der Waals surface area contributed by atoms with Crippen molar-refractivity contribution in [1.82, 2.24) is 5.01 Å². The number of furan rings is 1. The minimum absolute atomic E-state index is 0.0203. The number of carbonyl (C=O) groups excluding carboxylic acids is 2. The Labute approximate surface area is 182 Å². The van der Waals surface area contributed by atoms with E-state index in [9.17, 15) is 9.59 Å². The summed E-state index contributed by atoms with van der Waals surface area (Å²) in [4.78, 5) is 26.4. The maximum atomic E-state index is 13.2. The van der Waals surface area contributed by atoms with Gasteiger partial charge in [-0.05, 0) is 31.5 Å². The average molecular weight is 425 g/mol. The first kappa shape index (κ1) is 21.3. The maximum Gasteiger partial charge on any atom is 0.309 e. The standard InChI is InChI=1S/C24H29N3O4/c1-3-30-24(29)19-10-12-26(13-11-19)16-23(28)27-21(22-5-4-14-31-22)15-20(25-27)18-8-6-17(2)7-9-18/h4-9,14,19,21H,3,10-13,15-16H2,1-2H3/p+1/t21-/m0/s1. The van der Waals surface area contributed by atoms with Gasteiger partial charge in [0.15, 0.2) is 6.54 Å². The third-order valence-corrected chi connectivity index (χ3v) is 6.14. The zero-order chi connectivity index (χ0) is 21.8. The lowest BCUT2D eigenvalue weighted by Gasteiger charge is -2.29. The molecule has 7 heteroatoms. The number of nitrogens with zero attached hydrogens (tertiary/aromatic N) is 2. The van der Waals surface area contributed by atoms with E-state index in [4.69, 9.17) is 14.3 Å². The van der Waals surface area contributed by atoms with E-state index >= 15 is 0 Å². The maximum absolute atomic E-state index is 13.2. The van der Waals surface area contributed by atoms with E-state index in [2.05, 4.69) is 19.1 Å². The number of nitrogens with one attached hydrogen (secondary N) is 1. The fraction of sp³-hybridized carbons (Fsp3) is 0.458. The van der Waals surface area contributed by atoms with Crippen molar-refractivity contribution in [3.63, 3.8) is 0 Å². The molecule has 1 atom stereocenters. The van der Waals surface area contributed by atoms with Crippen LogP contribution in [0.25, 0.3) is 0 Å². The largest absolute Gasteiger partial charge is 0.467 e. The van der Waals surface area contributed by atoms with Crippen molar-refractivity contribution in [3.8, 4) is 0 Å². The minimum Gasteiger partial charge on any atom is -0.467 e. The van der Waals surface area contributed by atoms with Gasteiger partial charge < -0.3 is 14.1 Å². The van der Waals surface area contributed by atoms with Crippen LogP contribution in [0.5, 0.6) is 0 Å². The van der Waals surface area contributed by atoms with E-state index in [1.165, 1.54) is 10.5 Å². The number of hydrogen-bond donors (Lipinski definition) is 1. The van der Waals surface area contributed by atoms with Crippen LogP contribution < -0.4 is 4.90 Å². The average Bonchev–Trinajstić information content (AvgIpc) is 3.45. The first-order chi connectivity index (χ1) is 15.0. The lowest BCUT2D eigenvalue weighted by Crippen LogP contribution is -3.14. The molecule has 31 heavy (non-hydrogen) atoms. The molecule has 0 aliphatic carbocycles. The van der Waals surface area contributed by atoms with Gasteiger partial charge in [-0.15, -0.1) is 0 Å². The molecule has 2 aromatic rings. The second-order valence-corrected chi connectivity index (χ2v) is 8.34. The Morgan fingerprint density at radius 1 is 1.19 bits per heavy atom. The second-order valence-electron chi connectivity index (χ2n) is 8.34. The smallest absolute Gasteiger partial charge is 0.309 e. The molecular weight excluding hydrogens is 394 g/mol. The summed E-state index contributed by atoms with van der Waals surface area (Å²) in [5, 5.41) is 6.31. The Bertz CT molecular complexity index is 928. The predicted octanol–water partition coefficient (Wildman–Crippen LogP) is 2.12. The lowest BCUT2D eigenvalue weighted by molar-refractivity contribution is -0.898. The summed E-state index contributed by atoms with van der Waals surface area (Å²) in [6, 6.07) is 11.7. The van der Waals surface area contributed by atoms with Crippen LogP contribution in [0.1, 0.15) is 49.1 Å². The van der Waals surface area contributed by atoms with Crippen molar-refractivity contribution >= 4 is 17.6 Å². The Morgan fingerprint density at radius 2 is 1.94 bits per heavy atom. The number of hydrazone groups is 1. The molecule has 1 fully saturated rings. The highest BCUT2D eigenvalue weighted by molar-refractivity contribution is 6.03. The highest BCUT2D eigenvalue weighted by Gasteiger charge is 2.37. The monoisotopic (exact) mass is 424 g/mol. The van der Waals surface area contributed by atoms with Crippen molar-refractivity contribution < 1.29 is 23.6 Å². The lowest BCUT2D eigenvalue weighted by atomic mass is 9.97. The van der Waals surface area contributed by atoms with Gasteiger partial charge in [0.25, 0.3) is 5.91 Å².